The highest BCUT2D eigenvalue weighted by molar-refractivity contribution is 7.25. The van der Waals surface area contributed by atoms with Crippen molar-refractivity contribution in [1.82, 2.24) is 4.57 Å². The van der Waals surface area contributed by atoms with E-state index in [1.807, 2.05) is 11.3 Å². The highest BCUT2D eigenvalue weighted by Crippen LogP contribution is 2.44. The van der Waals surface area contributed by atoms with Gasteiger partial charge in [-0.1, -0.05) is 133 Å². The molecule has 0 aliphatic rings. The Labute approximate surface area is 323 Å². The van der Waals surface area contributed by atoms with Crippen LogP contribution in [0.15, 0.2) is 206 Å². The third-order valence-corrected chi connectivity index (χ3v) is 12.1. The van der Waals surface area contributed by atoms with E-state index in [2.05, 4.69) is 216 Å². The Morgan fingerprint density at radius 1 is 0.345 bits per heavy atom. The Kier molecular flexibility index (Phi) is 7.39. The van der Waals surface area contributed by atoms with Crippen LogP contribution in [-0.2, 0) is 0 Å². The molecule has 11 rings (SSSR count). The van der Waals surface area contributed by atoms with E-state index in [0.29, 0.717) is 0 Å². The van der Waals surface area contributed by atoms with Crippen LogP contribution in [0.25, 0.3) is 80.7 Å². The number of para-hydroxylation sites is 4. The molecule has 0 unspecified atom stereocenters. The van der Waals surface area contributed by atoms with E-state index in [-0.39, 0.29) is 0 Å². The smallest absolute Gasteiger partial charge is 0.0702 e. The third kappa shape index (κ3) is 5.32. The molecule has 2 nitrogen and oxygen atoms in total. The van der Waals surface area contributed by atoms with Crippen molar-refractivity contribution in [1.29, 1.82) is 0 Å². The first-order chi connectivity index (χ1) is 27.3. The Hall–Kier alpha value is -6.94. The highest BCUT2D eigenvalue weighted by atomic mass is 32.1. The Bertz CT molecular complexity index is 3170. The molecule has 55 heavy (non-hydrogen) atoms. The Morgan fingerprint density at radius 2 is 0.927 bits per heavy atom. The summed E-state index contributed by atoms with van der Waals surface area (Å²) in [5, 5.41) is 7.58. The van der Waals surface area contributed by atoms with Crippen molar-refractivity contribution in [3.05, 3.63) is 206 Å². The molecule has 0 aliphatic heterocycles. The summed E-state index contributed by atoms with van der Waals surface area (Å²) in [5.74, 6) is 0. The van der Waals surface area contributed by atoms with Crippen LogP contribution in [0.2, 0.25) is 0 Å². The Balaban J connectivity index is 1.07. The van der Waals surface area contributed by atoms with Gasteiger partial charge in [-0.05, 0) is 106 Å². The van der Waals surface area contributed by atoms with E-state index in [1.54, 1.807) is 0 Å². The number of hydrogen-bond donors (Lipinski definition) is 0. The lowest BCUT2D eigenvalue weighted by molar-refractivity contribution is 1.15. The summed E-state index contributed by atoms with van der Waals surface area (Å²) in [6, 6.07) is 75.3. The molecule has 0 fully saturated rings. The number of benzene rings is 9. The van der Waals surface area contributed by atoms with Crippen LogP contribution in [-0.4, -0.2) is 4.57 Å². The van der Waals surface area contributed by atoms with Gasteiger partial charge in [-0.2, -0.15) is 0 Å². The van der Waals surface area contributed by atoms with E-state index < -0.39 is 0 Å². The molecule has 11 aromatic rings. The van der Waals surface area contributed by atoms with Crippen molar-refractivity contribution in [3.63, 3.8) is 0 Å². The fraction of sp³-hybridized carbons (Fsp3) is 0. The molecule has 3 heteroatoms. The number of nitrogens with zero attached hydrogens (tertiary/aromatic N) is 2. The molecule has 0 saturated heterocycles. The number of anilines is 3. The molecule has 9 aromatic carbocycles. The summed E-state index contributed by atoms with van der Waals surface area (Å²) in [6.07, 6.45) is 0. The maximum absolute atomic E-state index is 2.43. The van der Waals surface area contributed by atoms with Gasteiger partial charge >= 0.3 is 0 Å². The fourth-order valence-electron chi connectivity index (χ4n) is 8.35. The first-order valence-electron chi connectivity index (χ1n) is 18.8. The van der Waals surface area contributed by atoms with Gasteiger partial charge in [0.15, 0.2) is 0 Å². The van der Waals surface area contributed by atoms with Gasteiger partial charge in [0.2, 0.25) is 0 Å². The predicted molar refractivity (Wildman–Crippen MR) is 237 cm³/mol. The minimum absolute atomic E-state index is 1.10. The lowest BCUT2D eigenvalue weighted by Gasteiger charge is -2.28. The molecule has 0 radical (unpaired) electrons. The normalized spacial score (nSPS) is 11.6. The maximum Gasteiger partial charge on any atom is 0.0702 e. The van der Waals surface area contributed by atoms with E-state index >= 15 is 0 Å². The zero-order chi connectivity index (χ0) is 36.3. The summed E-state index contributed by atoms with van der Waals surface area (Å²) in [6.45, 7) is 0. The summed E-state index contributed by atoms with van der Waals surface area (Å²) in [7, 11) is 0. The lowest BCUT2D eigenvalue weighted by Crippen LogP contribution is -2.13. The van der Waals surface area contributed by atoms with E-state index in [4.69, 9.17) is 0 Å². The van der Waals surface area contributed by atoms with Crippen LogP contribution in [0.3, 0.4) is 0 Å². The van der Waals surface area contributed by atoms with Gasteiger partial charge in [0.05, 0.1) is 22.4 Å². The van der Waals surface area contributed by atoms with Crippen molar-refractivity contribution in [3.8, 4) is 27.9 Å². The van der Waals surface area contributed by atoms with Gasteiger partial charge in [-0.15, -0.1) is 11.3 Å². The topological polar surface area (TPSA) is 8.17 Å². The predicted octanol–water partition coefficient (Wildman–Crippen LogP) is 15.1. The second kappa shape index (κ2) is 12.9. The standard InChI is InChI=1S/C52H34N2S/c1-2-13-37-33-40(25-24-35(37)12-1)39-15-11-14-38(32-39)36-26-28-41(29-27-36)53(42-30-31-52-46(34-42)45-18-5-10-23-51(45)55-52)49-21-8-9-22-50(49)54-47-19-6-3-16-43(47)44-17-4-7-20-48(44)54/h1-34H. The first-order valence-corrected chi connectivity index (χ1v) is 19.6. The van der Waals surface area contributed by atoms with E-state index in [0.717, 1.165) is 22.7 Å². The molecule has 0 amide bonds. The molecule has 0 aliphatic carbocycles. The number of hydrogen-bond acceptors (Lipinski definition) is 2. The molecule has 0 spiro atoms. The van der Waals surface area contributed by atoms with E-state index in [1.165, 1.54) is 75.0 Å². The first kappa shape index (κ1) is 31.6. The fourth-order valence-corrected chi connectivity index (χ4v) is 9.44. The zero-order valence-electron chi connectivity index (χ0n) is 29.9. The molecule has 258 valence electrons. The van der Waals surface area contributed by atoms with Crippen LogP contribution in [0.1, 0.15) is 0 Å². The van der Waals surface area contributed by atoms with Crippen LogP contribution >= 0.6 is 11.3 Å². The summed E-state index contributed by atoms with van der Waals surface area (Å²) >= 11 is 1.85. The largest absolute Gasteiger partial charge is 0.308 e. The third-order valence-electron chi connectivity index (χ3n) is 11.0. The number of aromatic nitrogens is 1. The average molecular weight is 719 g/mol. The van der Waals surface area contributed by atoms with E-state index in [9.17, 15) is 0 Å². The van der Waals surface area contributed by atoms with Gasteiger partial charge < -0.3 is 9.47 Å². The van der Waals surface area contributed by atoms with Gasteiger partial charge in [-0.3, -0.25) is 0 Å². The van der Waals surface area contributed by atoms with Crippen LogP contribution in [0, 0.1) is 0 Å². The van der Waals surface area contributed by atoms with Gasteiger partial charge in [0, 0.05) is 42.3 Å². The molecule has 0 bridgehead atoms. The van der Waals surface area contributed by atoms with Crippen molar-refractivity contribution in [2.24, 2.45) is 0 Å². The molecule has 0 N–H and O–H groups in total. The molecule has 2 aromatic heterocycles. The average Bonchev–Trinajstić information content (AvgIpc) is 3.80. The molecular formula is C52H34N2S. The SMILES string of the molecule is c1cc(-c2ccc(N(c3ccc4sc5ccccc5c4c3)c3ccccc3-n3c4ccccc4c4ccccc43)cc2)cc(-c2ccc3ccccc3c2)c1. The second-order valence-electron chi connectivity index (χ2n) is 14.2. The second-order valence-corrected chi connectivity index (χ2v) is 15.2. The van der Waals surface area contributed by atoms with Gasteiger partial charge in [-0.25, -0.2) is 0 Å². The lowest BCUT2D eigenvalue weighted by atomic mass is 9.97. The number of thiophene rings is 1. The van der Waals surface area contributed by atoms with Crippen molar-refractivity contribution < 1.29 is 0 Å². The van der Waals surface area contributed by atoms with Crippen molar-refractivity contribution >= 4 is 81.1 Å². The molecule has 0 saturated carbocycles. The van der Waals surface area contributed by atoms with Crippen LogP contribution in [0.4, 0.5) is 17.1 Å². The minimum atomic E-state index is 1.10. The van der Waals surface area contributed by atoms with Crippen LogP contribution in [0.5, 0.6) is 0 Å². The van der Waals surface area contributed by atoms with Gasteiger partial charge in [0.1, 0.15) is 0 Å². The van der Waals surface area contributed by atoms with Crippen molar-refractivity contribution in [2.45, 2.75) is 0 Å². The molecular weight excluding hydrogens is 685 g/mol. The summed E-state index contributed by atoms with van der Waals surface area (Å²) in [5.41, 5.74) is 11.7. The highest BCUT2D eigenvalue weighted by Gasteiger charge is 2.21. The molecule has 0 atom stereocenters. The number of rotatable bonds is 6. The Morgan fingerprint density at radius 3 is 1.73 bits per heavy atom. The minimum Gasteiger partial charge on any atom is -0.308 e. The number of fused-ring (bicyclic) bond motifs is 7. The quantitative estimate of drug-likeness (QED) is 0.166. The van der Waals surface area contributed by atoms with Gasteiger partial charge in [0.25, 0.3) is 0 Å². The summed E-state index contributed by atoms with van der Waals surface area (Å²) in [4.78, 5) is 2.43. The van der Waals surface area contributed by atoms with Crippen LogP contribution < -0.4 is 4.90 Å². The monoisotopic (exact) mass is 718 g/mol. The zero-order valence-corrected chi connectivity index (χ0v) is 30.7. The summed E-state index contributed by atoms with van der Waals surface area (Å²) < 4.78 is 5.03. The molecule has 2 heterocycles. The maximum atomic E-state index is 2.43. The van der Waals surface area contributed by atoms with Crippen molar-refractivity contribution in [2.75, 3.05) is 4.90 Å².